The summed E-state index contributed by atoms with van der Waals surface area (Å²) in [6.45, 7) is 1.99. The van der Waals surface area contributed by atoms with Crippen LogP contribution in [0.15, 0.2) is 42.6 Å². The monoisotopic (exact) mass is 376 g/mol. The minimum atomic E-state index is 0.0689. The maximum atomic E-state index is 5.71. The number of fused-ring (bicyclic) bond motifs is 2. The van der Waals surface area contributed by atoms with Crippen molar-refractivity contribution in [2.75, 3.05) is 34.3 Å². The van der Waals surface area contributed by atoms with Gasteiger partial charge in [0.2, 0.25) is 0 Å². The zero-order valence-corrected chi connectivity index (χ0v) is 16.9. The van der Waals surface area contributed by atoms with Gasteiger partial charge < -0.3 is 15.0 Å². The van der Waals surface area contributed by atoms with Crippen molar-refractivity contribution >= 4 is 11.0 Å². The van der Waals surface area contributed by atoms with Crippen molar-refractivity contribution in [3.8, 4) is 5.75 Å². The number of aryl methyl sites for hydroxylation is 1. The average molecular weight is 377 g/mol. The Hall–Kier alpha value is -2.50. The van der Waals surface area contributed by atoms with Crippen LogP contribution in [0.3, 0.4) is 0 Å². The second kappa shape index (κ2) is 8.25. The Bertz CT molecular complexity index is 970. The highest BCUT2D eigenvalue weighted by atomic mass is 16.5. The van der Waals surface area contributed by atoms with Gasteiger partial charge in [0, 0.05) is 6.54 Å². The molecule has 0 saturated carbocycles. The fourth-order valence-corrected chi connectivity index (χ4v) is 3.98. The fourth-order valence-electron chi connectivity index (χ4n) is 3.98. The number of hydrogen-bond acceptors (Lipinski definition) is 5. The Morgan fingerprint density at radius 1 is 1.18 bits per heavy atom. The van der Waals surface area contributed by atoms with Gasteiger partial charge in [-0.3, -0.25) is 4.98 Å². The third-order valence-electron chi connectivity index (χ3n) is 5.41. The van der Waals surface area contributed by atoms with Crippen LogP contribution in [0.4, 0.5) is 0 Å². The van der Waals surface area contributed by atoms with E-state index in [-0.39, 0.29) is 6.04 Å². The van der Waals surface area contributed by atoms with E-state index < -0.39 is 0 Å². The molecule has 1 N–H and O–H groups in total. The first-order chi connectivity index (χ1) is 13.7. The van der Waals surface area contributed by atoms with E-state index in [1.807, 2.05) is 30.5 Å². The number of ether oxygens (including phenoxy) is 1. The topological polar surface area (TPSA) is 50.3 Å². The molecule has 1 aliphatic rings. The molecule has 2 heterocycles. The van der Waals surface area contributed by atoms with Crippen LogP contribution in [0.2, 0.25) is 0 Å². The standard InChI is InChI=1S/C23H28N4O/c1-27(2)12-6-7-17-13-18-16(14-22(17)28-3)10-11-24-23(18)21-15-25-19-8-4-5-9-20(19)26-21/h4-5,8-9,13-15,23-24H,6-7,10-12H2,1-3H3. The quantitative estimate of drug-likeness (QED) is 0.715. The van der Waals surface area contributed by atoms with Crippen LogP contribution in [-0.4, -0.2) is 49.2 Å². The first kappa shape index (κ1) is 18.8. The Labute approximate surface area is 166 Å². The van der Waals surface area contributed by atoms with E-state index in [0.717, 1.165) is 54.8 Å². The normalized spacial score (nSPS) is 16.4. The lowest BCUT2D eigenvalue weighted by molar-refractivity contribution is 0.390. The van der Waals surface area contributed by atoms with Gasteiger partial charge >= 0.3 is 0 Å². The second-order valence-corrected chi connectivity index (χ2v) is 7.69. The first-order valence-electron chi connectivity index (χ1n) is 9.95. The van der Waals surface area contributed by atoms with Gasteiger partial charge in [-0.1, -0.05) is 12.1 Å². The molecule has 1 aromatic heterocycles. The van der Waals surface area contributed by atoms with Crippen molar-refractivity contribution in [2.45, 2.75) is 25.3 Å². The van der Waals surface area contributed by atoms with Crippen LogP contribution in [-0.2, 0) is 12.8 Å². The predicted molar refractivity (Wildman–Crippen MR) is 113 cm³/mol. The third kappa shape index (κ3) is 3.86. The molecule has 28 heavy (non-hydrogen) atoms. The molecule has 0 fully saturated rings. The van der Waals surface area contributed by atoms with Crippen molar-refractivity contribution < 1.29 is 4.74 Å². The van der Waals surface area contributed by atoms with Crippen LogP contribution in [0.5, 0.6) is 5.75 Å². The molecule has 0 saturated heterocycles. The largest absolute Gasteiger partial charge is 0.496 e. The molecule has 146 valence electrons. The first-order valence-corrected chi connectivity index (χ1v) is 9.95. The number of benzene rings is 2. The van der Waals surface area contributed by atoms with Gasteiger partial charge in [-0.2, -0.15) is 0 Å². The Morgan fingerprint density at radius 3 is 2.79 bits per heavy atom. The molecule has 1 atom stereocenters. The summed E-state index contributed by atoms with van der Waals surface area (Å²) in [5.74, 6) is 1.00. The highest BCUT2D eigenvalue weighted by Gasteiger charge is 2.25. The van der Waals surface area contributed by atoms with E-state index >= 15 is 0 Å². The number of hydrogen-bond donors (Lipinski definition) is 1. The van der Waals surface area contributed by atoms with Crippen molar-refractivity contribution in [3.05, 3.63) is 65.0 Å². The summed E-state index contributed by atoms with van der Waals surface area (Å²) in [4.78, 5) is 11.7. The van der Waals surface area contributed by atoms with Crippen LogP contribution in [0.25, 0.3) is 11.0 Å². The van der Waals surface area contributed by atoms with Crippen molar-refractivity contribution in [1.82, 2.24) is 20.2 Å². The van der Waals surface area contributed by atoms with Gasteiger partial charge in [-0.15, -0.1) is 0 Å². The minimum Gasteiger partial charge on any atom is -0.496 e. The minimum absolute atomic E-state index is 0.0689. The van der Waals surface area contributed by atoms with E-state index in [9.17, 15) is 0 Å². The maximum Gasteiger partial charge on any atom is 0.122 e. The van der Waals surface area contributed by atoms with Crippen molar-refractivity contribution in [3.63, 3.8) is 0 Å². The van der Waals surface area contributed by atoms with Crippen LogP contribution in [0, 0.1) is 0 Å². The summed E-state index contributed by atoms with van der Waals surface area (Å²) in [7, 11) is 6.00. The number of aromatic nitrogens is 2. The number of rotatable bonds is 6. The zero-order chi connectivity index (χ0) is 19.5. The second-order valence-electron chi connectivity index (χ2n) is 7.69. The van der Waals surface area contributed by atoms with E-state index in [0.29, 0.717) is 0 Å². The molecule has 5 heteroatoms. The van der Waals surface area contributed by atoms with E-state index in [1.165, 1.54) is 16.7 Å². The SMILES string of the molecule is COc1cc2c(cc1CCCN(C)C)C(c1cnc3ccccc3n1)NCC2. The molecule has 3 aromatic rings. The van der Waals surface area contributed by atoms with E-state index in [2.05, 4.69) is 41.4 Å². The number of nitrogens with zero attached hydrogens (tertiary/aromatic N) is 3. The Morgan fingerprint density at radius 2 is 2.00 bits per heavy atom. The molecule has 0 radical (unpaired) electrons. The van der Waals surface area contributed by atoms with Crippen LogP contribution in [0.1, 0.15) is 34.8 Å². The number of nitrogens with one attached hydrogen (secondary N) is 1. The Balaban J connectivity index is 1.70. The van der Waals surface area contributed by atoms with Gasteiger partial charge in [-0.05, 0) is 80.9 Å². The average Bonchev–Trinajstić information content (AvgIpc) is 2.72. The lowest BCUT2D eigenvalue weighted by Crippen LogP contribution is -2.31. The molecule has 1 aliphatic heterocycles. The molecule has 1 unspecified atom stereocenters. The molecular weight excluding hydrogens is 348 g/mol. The van der Waals surface area contributed by atoms with Crippen LogP contribution >= 0.6 is 0 Å². The highest BCUT2D eigenvalue weighted by molar-refractivity contribution is 5.73. The van der Waals surface area contributed by atoms with Crippen LogP contribution < -0.4 is 10.1 Å². The van der Waals surface area contributed by atoms with E-state index in [1.54, 1.807) is 7.11 Å². The summed E-state index contributed by atoms with van der Waals surface area (Å²) < 4.78 is 5.71. The molecule has 5 nitrogen and oxygen atoms in total. The van der Waals surface area contributed by atoms with Gasteiger partial charge in [0.25, 0.3) is 0 Å². The highest BCUT2D eigenvalue weighted by Crippen LogP contribution is 2.34. The van der Waals surface area contributed by atoms with Gasteiger partial charge in [0.1, 0.15) is 5.75 Å². The Kier molecular flexibility index (Phi) is 5.55. The lowest BCUT2D eigenvalue weighted by Gasteiger charge is -2.28. The molecular formula is C23H28N4O. The summed E-state index contributed by atoms with van der Waals surface area (Å²) in [6, 6.07) is 12.6. The van der Waals surface area contributed by atoms with E-state index in [4.69, 9.17) is 9.72 Å². The summed E-state index contributed by atoms with van der Waals surface area (Å²) in [5.41, 5.74) is 6.76. The number of methoxy groups -OCH3 is 1. The van der Waals surface area contributed by atoms with Crippen molar-refractivity contribution in [1.29, 1.82) is 0 Å². The summed E-state index contributed by atoms with van der Waals surface area (Å²) in [5, 5.41) is 3.64. The lowest BCUT2D eigenvalue weighted by atomic mass is 9.89. The van der Waals surface area contributed by atoms with Gasteiger partial charge in [0.15, 0.2) is 0 Å². The van der Waals surface area contributed by atoms with Crippen molar-refractivity contribution in [2.24, 2.45) is 0 Å². The summed E-state index contributed by atoms with van der Waals surface area (Å²) in [6.07, 6.45) is 5.02. The maximum absolute atomic E-state index is 5.71. The predicted octanol–water partition coefficient (Wildman–Crippen LogP) is 3.37. The zero-order valence-electron chi connectivity index (χ0n) is 16.9. The summed E-state index contributed by atoms with van der Waals surface area (Å²) >= 11 is 0. The van der Waals surface area contributed by atoms with Gasteiger partial charge in [0.05, 0.1) is 36.1 Å². The number of para-hydroxylation sites is 2. The molecule has 4 rings (SSSR count). The molecule has 0 spiro atoms. The fraction of sp³-hybridized carbons (Fsp3) is 0.391. The molecule has 0 bridgehead atoms. The third-order valence-corrected chi connectivity index (χ3v) is 5.41. The molecule has 2 aromatic carbocycles. The molecule has 0 aliphatic carbocycles. The molecule has 0 amide bonds. The smallest absolute Gasteiger partial charge is 0.122 e. The van der Waals surface area contributed by atoms with Gasteiger partial charge in [-0.25, -0.2) is 4.98 Å².